The highest BCUT2D eigenvalue weighted by molar-refractivity contribution is 5.77. The van der Waals surface area contributed by atoms with Gasteiger partial charge in [0, 0.05) is 6.42 Å². The Hall–Kier alpha value is -1.40. The number of carbonyl (C=O) groups excluding carboxylic acids is 2. The third kappa shape index (κ3) is 43.3. The molecular formula is C54H105NO5. The highest BCUT2D eigenvalue weighted by Crippen LogP contribution is 2.18. The fourth-order valence-corrected chi connectivity index (χ4v) is 8.49. The van der Waals surface area contributed by atoms with Crippen molar-refractivity contribution in [1.29, 1.82) is 0 Å². The van der Waals surface area contributed by atoms with Crippen LogP contribution in [-0.4, -0.2) is 46.9 Å². The van der Waals surface area contributed by atoms with Crippen LogP contribution in [0.2, 0.25) is 0 Å². The van der Waals surface area contributed by atoms with E-state index in [2.05, 4.69) is 38.2 Å². The second-order valence-corrected chi connectivity index (χ2v) is 18.6. The van der Waals surface area contributed by atoms with Gasteiger partial charge in [-0.25, -0.2) is 0 Å². The van der Waals surface area contributed by atoms with Gasteiger partial charge in [0.05, 0.1) is 25.2 Å². The van der Waals surface area contributed by atoms with Crippen LogP contribution in [-0.2, 0) is 14.3 Å². The average Bonchev–Trinajstić information content (AvgIpc) is 3.24. The van der Waals surface area contributed by atoms with Gasteiger partial charge in [0.2, 0.25) is 5.91 Å². The largest absolute Gasteiger partial charge is 0.462 e. The molecule has 1 amide bonds. The maximum absolute atomic E-state index is 13.2. The first-order chi connectivity index (χ1) is 29.5. The Morgan fingerprint density at radius 2 is 0.800 bits per heavy atom. The van der Waals surface area contributed by atoms with Crippen LogP contribution in [0.4, 0.5) is 0 Å². The van der Waals surface area contributed by atoms with Crippen molar-refractivity contribution in [3.63, 3.8) is 0 Å². The molecule has 0 aromatic heterocycles. The molecule has 6 heteroatoms. The Bertz CT molecular complexity index is 909. The molecule has 0 saturated heterocycles. The summed E-state index contributed by atoms with van der Waals surface area (Å²) in [4.78, 5) is 26.2. The van der Waals surface area contributed by atoms with Crippen LogP contribution >= 0.6 is 0 Å². The minimum absolute atomic E-state index is 0.0789. The van der Waals surface area contributed by atoms with E-state index in [0.717, 1.165) is 57.8 Å². The Labute approximate surface area is 374 Å². The topological polar surface area (TPSA) is 95.9 Å². The summed E-state index contributed by atoms with van der Waals surface area (Å²) in [6.45, 7) is 6.49. The first-order valence-electron chi connectivity index (χ1n) is 26.9. The highest BCUT2D eigenvalue weighted by Gasteiger charge is 2.24. The molecule has 60 heavy (non-hydrogen) atoms. The zero-order chi connectivity index (χ0) is 43.8. The van der Waals surface area contributed by atoms with Crippen molar-refractivity contribution in [2.24, 2.45) is 0 Å². The fourth-order valence-electron chi connectivity index (χ4n) is 8.49. The molecule has 0 fully saturated rings. The number of esters is 1. The summed E-state index contributed by atoms with van der Waals surface area (Å²) in [6.07, 6.45) is 54.2. The number of rotatable bonds is 49. The second kappa shape index (κ2) is 48.6. The summed E-state index contributed by atoms with van der Waals surface area (Å²) in [5.74, 6) is -0.463. The zero-order valence-corrected chi connectivity index (χ0v) is 40.6. The zero-order valence-electron chi connectivity index (χ0n) is 40.6. The van der Waals surface area contributed by atoms with E-state index in [4.69, 9.17) is 4.74 Å². The van der Waals surface area contributed by atoms with E-state index >= 15 is 0 Å². The van der Waals surface area contributed by atoms with Gasteiger partial charge in [-0.05, 0) is 51.4 Å². The minimum Gasteiger partial charge on any atom is -0.462 e. The number of nitrogens with one attached hydrogen (secondary N) is 1. The molecule has 0 radical (unpaired) electrons. The van der Waals surface area contributed by atoms with Gasteiger partial charge in [-0.1, -0.05) is 245 Å². The Morgan fingerprint density at radius 3 is 1.18 bits per heavy atom. The molecular weight excluding hydrogens is 743 g/mol. The molecule has 356 valence electrons. The standard InChI is InChI=1S/C54H105NO5/c1-4-7-10-13-16-19-22-24-26-28-30-32-35-38-41-44-47-54(59)60-50(45-42-39-36-33-31-29-27-25-23-20-17-14-11-8-5-2)48-53(58)55-51(49-56)52(57)46-43-40-37-34-21-18-15-12-9-6-3/h25,27,50-52,56-57H,4-24,26,28-49H2,1-3H3,(H,55,58)/b27-25+. The summed E-state index contributed by atoms with van der Waals surface area (Å²) >= 11 is 0. The molecule has 6 nitrogen and oxygen atoms in total. The van der Waals surface area contributed by atoms with Gasteiger partial charge >= 0.3 is 5.97 Å². The number of aliphatic hydroxyl groups is 2. The van der Waals surface area contributed by atoms with Gasteiger partial charge in [0.1, 0.15) is 6.10 Å². The van der Waals surface area contributed by atoms with E-state index < -0.39 is 18.2 Å². The molecule has 3 unspecified atom stereocenters. The lowest BCUT2D eigenvalue weighted by Gasteiger charge is -2.24. The van der Waals surface area contributed by atoms with E-state index in [1.807, 2.05) is 0 Å². The first-order valence-corrected chi connectivity index (χ1v) is 26.9. The first kappa shape index (κ1) is 58.6. The highest BCUT2D eigenvalue weighted by atomic mass is 16.5. The number of allylic oxidation sites excluding steroid dienone is 2. The molecule has 0 aliphatic rings. The van der Waals surface area contributed by atoms with E-state index in [-0.39, 0.29) is 24.9 Å². The summed E-state index contributed by atoms with van der Waals surface area (Å²) in [7, 11) is 0. The van der Waals surface area contributed by atoms with Crippen molar-refractivity contribution in [3.8, 4) is 0 Å². The predicted octanol–water partition coefficient (Wildman–Crippen LogP) is 16.1. The molecule has 3 N–H and O–H groups in total. The SMILES string of the molecule is CCCCCCCC/C=C/CCCCCCCC(CC(=O)NC(CO)C(O)CCCCCCCCCCCC)OC(=O)CCCCCCCCCCCCCCCCCC. The Balaban J connectivity index is 4.53. The number of hydrogen-bond donors (Lipinski definition) is 3. The molecule has 0 aromatic carbocycles. The van der Waals surface area contributed by atoms with Crippen molar-refractivity contribution >= 4 is 11.9 Å². The van der Waals surface area contributed by atoms with Crippen LogP contribution in [0, 0.1) is 0 Å². The number of amides is 1. The number of aliphatic hydroxyl groups excluding tert-OH is 2. The molecule has 3 atom stereocenters. The Morgan fingerprint density at radius 1 is 0.467 bits per heavy atom. The van der Waals surface area contributed by atoms with Crippen molar-refractivity contribution < 1.29 is 24.5 Å². The van der Waals surface area contributed by atoms with Crippen molar-refractivity contribution in [2.75, 3.05) is 6.61 Å². The van der Waals surface area contributed by atoms with Crippen LogP contribution in [0.5, 0.6) is 0 Å². The van der Waals surface area contributed by atoms with Gasteiger partial charge < -0.3 is 20.3 Å². The smallest absolute Gasteiger partial charge is 0.306 e. The number of unbranched alkanes of at least 4 members (excludes halogenated alkanes) is 35. The maximum Gasteiger partial charge on any atom is 0.306 e. The van der Waals surface area contributed by atoms with Gasteiger partial charge in [-0.3, -0.25) is 9.59 Å². The van der Waals surface area contributed by atoms with Crippen LogP contribution in [0.25, 0.3) is 0 Å². The quantitative estimate of drug-likeness (QED) is 0.0322. The normalized spacial score (nSPS) is 13.2. The Kier molecular flexibility index (Phi) is 47.5. The lowest BCUT2D eigenvalue weighted by molar-refractivity contribution is -0.151. The molecule has 0 aliphatic carbocycles. The second-order valence-electron chi connectivity index (χ2n) is 18.6. The minimum atomic E-state index is -0.783. The van der Waals surface area contributed by atoms with Crippen molar-refractivity contribution in [1.82, 2.24) is 5.32 Å². The number of carbonyl (C=O) groups is 2. The molecule has 0 spiro atoms. The molecule has 0 heterocycles. The lowest BCUT2D eigenvalue weighted by Crippen LogP contribution is -2.46. The summed E-state index contributed by atoms with van der Waals surface area (Å²) in [5, 5.41) is 23.7. The van der Waals surface area contributed by atoms with Gasteiger partial charge in [-0.2, -0.15) is 0 Å². The van der Waals surface area contributed by atoms with Crippen molar-refractivity contribution in [3.05, 3.63) is 12.2 Å². The van der Waals surface area contributed by atoms with E-state index in [0.29, 0.717) is 19.3 Å². The lowest BCUT2D eigenvalue weighted by atomic mass is 10.0. The molecule has 0 saturated carbocycles. The number of ether oxygens (including phenoxy) is 1. The fraction of sp³-hybridized carbons (Fsp3) is 0.926. The third-order valence-electron chi connectivity index (χ3n) is 12.6. The summed E-state index contributed by atoms with van der Waals surface area (Å²) < 4.78 is 5.95. The molecule has 0 aliphatic heterocycles. The van der Waals surface area contributed by atoms with Crippen LogP contribution in [0.1, 0.15) is 297 Å². The van der Waals surface area contributed by atoms with E-state index in [9.17, 15) is 19.8 Å². The third-order valence-corrected chi connectivity index (χ3v) is 12.6. The molecule has 0 rings (SSSR count). The van der Waals surface area contributed by atoms with E-state index in [1.54, 1.807) is 0 Å². The van der Waals surface area contributed by atoms with Gasteiger partial charge in [0.15, 0.2) is 0 Å². The maximum atomic E-state index is 13.2. The van der Waals surface area contributed by atoms with Crippen molar-refractivity contribution in [2.45, 2.75) is 315 Å². The summed E-state index contributed by atoms with van der Waals surface area (Å²) in [5.41, 5.74) is 0. The van der Waals surface area contributed by atoms with E-state index in [1.165, 1.54) is 193 Å². The van der Waals surface area contributed by atoms with Crippen LogP contribution < -0.4 is 5.32 Å². The van der Waals surface area contributed by atoms with Crippen LogP contribution in [0.3, 0.4) is 0 Å². The molecule has 0 aromatic rings. The predicted molar refractivity (Wildman–Crippen MR) is 260 cm³/mol. The summed E-state index contributed by atoms with van der Waals surface area (Å²) in [6, 6.07) is -0.697. The monoisotopic (exact) mass is 848 g/mol. The average molecular weight is 848 g/mol. The van der Waals surface area contributed by atoms with Gasteiger partial charge in [-0.15, -0.1) is 0 Å². The molecule has 0 bridgehead atoms. The number of hydrogen-bond acceptors (Lipinski definition) is 5. The van der Waals surface area contributed by atoms with Gasteiger partial charge in [0.25, 0.3) is 0 Å². The van der Waals surface area contributed by atoms with Crippen LogP contribution in [0.15, 0.2) is 12.2 Å².